The number of anilines is 2. The highest BCUT2D eigenvalue weighted by Gasteiger charge is 2.09. The second-order valence-electron chi connectivity index (χ2n) is 5.87. The predicted molar refractivity (Wildman–Crippen MR) is 113 cm³/mol. The van der Waals surface area contributed by atoms with Crippen LogP contribution in [0.2, 0.25) is 0 Å². The Labute approximate surface area is 163 Å². The van der Waals surface area contributed by atoms with Crippen LogP contribution in [-0.4, -0.2) is 23.3 Å². The number of benzene rings is 3. The Hall–Kier alpha value is -3.05. The quantitative estimate of drug-likeness (QED) is 0.630. The summed E-state index contributed by atoms with van der Waals surface area (Å²) in [6, 6.07) is 26.9. The van der Waals surface area contributed by atoms with Crippen molar-refractivity contribution >= 4 is 35.0 Å². The molecule has 0 aliphatic carbocycles. The van der Waals surface area contributed by atoms with Gasteiger partial charge in [-0.25, -0.2) is 0 Å². The summed E-state index contributed by atoms with van der Waals surface area (Å²) in [5, 5.41) is 5.75. The van der Waals surface area contributed by atoms with E-state index in [0.717, 1.165) is 22.5 Å². The van der Waals surface area contributed by atoms with Crippen molar-refractivity contribution in [2.45, 2.75) is 0 Å². The molecule has 0 heterocycles. The van der Waals surface area contributed by atoms with Crippen LogP contribution in [0.5, 0.6) is 0 Å². The zero-order valence-electron chi connectivity index (χ0n) is 14.7. The standard InChI is InChI=1S/C22H20N2O2S/c25-21(23-18-11-5-2-6-12-18)15-27-16-22(26)24-20-14-8-7-13-19(20)17-9-3-1-4-10-17/h1-14H,15-16H2,(H,23,25)(H,24,26). The molecule has 0 saturated heterocycles. The molecule has 5 heteroatoms. The van der Waals surface area contributed by atoms with Gasteiger partial charge in [-0.2, -0.15) is 0 Å². The summed E-state index contributed by atoms with van der Waals surface area (Å²) in [5.41, 5.74) is 3.54. The lowest BCUT2D eigenvalue weighted by molar-refractivity contribution is -0.114. The van der Waals surface area contributed by atoms with E-state index in [1.165, 1.54) is 11.8 Å². The van der Waals surface area contributed by atoms with Gasteiger partial charge in [0.15, 0.2) is 0 Å². The van der Waals surface area contributed by atoms with Gasteiger partial charge in [0.1, 0.15) is 0 Å². The first-order valence-electron chi connectivity index (χ1n) is 8.59. The van der Waals surface area contributed by atoms with Crippen LogP contribution in [0, 0.1) is 0 Å². The minimum absolute atomic E-state index is 0.122. The molecule has 0 spiro atoms. The summed E-state index contributed by atoms with van der Waals surface area (Å²) in [6.45, 7) is 0. The summed E-state index contributed by atoms with van der Waals surface area (Å²) in [7, 11) is 0. The number of thioether (sulfide) groups is 1. The van der Waals surface area contributed by atoms with Crippen molar-refractivity contribution in [1.29, 1.82) is 0 Å². The number of carbonyl (C=O) groups is 2. The Kier molecular flexibility index (Phi) is 6.66. The highest BCUT2D eigenvalue weighted by molar-refractivity contribution is 8.00. The zero-order chi connectivity index (χ0) is 18.9. The monoisotopic (exact) mass is 376 g/mol. The Bertz CT molecular complexity index is 898. The summed E-state index contributed by atoms with van der Waals surface area (Å²) >= 11 is 1.29. The first-order chi connectivity index (χ1) is 13.2. The van der Waals surface area contributed by atoms with Gasteiger partial charge in [-0.3, -0.25) is 9.59 Å². The number of rotatable bonds is 7. The van der Waals surface area contributed by atoms with E-state index < -0.39 is 0 Å². The fraction of sp³-hybridized carbons (Fsp3) is 0.0909. The lowest BCUT2D eigenvalue weighted by Crippen LogP contribution is -2.18. The summed E-state index contributed by atoms with van der Waals surface area (Å²) in [5.74, 6) is 0.188. The molecule has 0 bridgehead atoms. The predicted octanol–water partition coefficient (Wildman–Crippen LogP) is 4.66. The Morgan fingerprint density at radius 2 is 1.22 bits per heavy atom. The van der Waals surface area contributed by atoms with Gasteiger partial charge in [-0.1, -0.05) is 66.7 Å². The van der Waals surface area contributed by atoms with E-state index in [1.54, 1.807) is 0 Å². The topological polar surface area (TPSA) is 58.2 Å². The van der Waals surface area contributed by atoms with Crippen LogP contribution in [0.4, 0.5) is 11.4 Å². The van der Waals surface area contributed by atoms with Gasteiger partial charge in [0.2, 0.25) is 11.8 Å². The van der Waals surface area contributed by atoms with Gasteiger partial charge in [0.05, 0.1) is 11.5 Å². The van der Waals surface area contributed by atoms with Crippen LogP contribution in [-0.2, 0) is 9.59 Å². The third-order valence-electron chi connectivity index (χ3n) is 3.81. The zero-order valence-corrected chi connectivity index (χ0v) is 15.5. The second kappa shape index (κ2) is 9.59. The Balaban J connectivity index is 1.51. The van der Waals surface area contributed by atoms with E-state index in [2.05, 4.69) is 10.6 Å². The molecule has 0 saturated carbocycles. The third kappa shape index (κ3) is 5.72. The molecule has 4 nitrogen and oxygen atoms in total. The molecule has 3 aromatic rings. The first kappa shape index (κ1) is 18.7. The molecule has 2 amide bonds. The second-order valence-corrected chi connectivity index (χ2v) is 6.85. The normalized spacial score (nSPS) is 10.2. The van der Waals surface area contributed by atoms with E-state index in [4.69, 9.17) is 0 Å². The molecule has 0 unspecified atom stereocenters. The Morgan fingerprint density at radius 3 is 1.93 bits per heavy atom. The van der Waals surface area contributed by atoms with Crippen LogP contribution < -0.4 is 10.6 Å². The van der Waals surface area contributed by atoms with E-state index in [1.807, 2.05) is 84.9 Å². The van der Waals surface area contributed by atoms with Gasteiger partial charge in [-0.15, -0.1) is 11.8 Å². The average Bonchev–Trinajstić information content (AvgIpc) is 2.70. The molecule has 0 fully saturated rings. The molecule has 2 N–H and O–H groups in total. The number of carbonyl (C=O) groups excluding carboxylic acids is 2. The van der Waals surface area contributed by atoms with Crippen molar-refractivity contribution in [2.24, 2.45) is 0 Å². The minimum Gasteiger partial charge on any atom is -0.325 e. The maximum atomic E-state index is 12.3. The van der Waals surface area contributed by atoms with Crippen LogP contribution in [0.25, 0.3) is 11.1 Å². The lowest BCUT2D eigenvalue weighted by atomic mass is 10.0. The average molecular weight is 376 g/mol. The smallest absolute Gasteiger partial charge is 0.234 e. The maximum Gasteiger partial charge on any atom is 0.234 e. The molecule has 0 aliphatic heterocycles. The van der Waals surface area contributed by atoms with Gasteiger partial charge in [0, 0.05) is 16.9 Å². The van der Waals surface area contributed by atoms with Crippen molar-refractivity contribution in [2.75, 3.05) is 22.1 Å². The summed E-state index contributed by atoms with van der Waals surface area (Å²) in [6.07, 6.45) is 0. The third-order valence-corrected chi connectivity index (χ3v) is 4.74. The Morgan fingerprint density at radius 1 is 0.667 bits per heavy atom. The summed E-state index contributed by atoms with van der Waals surface area (Å²) in [4.78, 5) is 24.2. The highest BCUT2D eigenvalue weighted by Crippen LogP contribution is 2.27. The molecule has 0 radical (unpaired) electrons. The van der Waals surface area contributed by atoms with Gasteiger partial charge in [0.25, 0.3) is 0 Å². The van der Waals surface area contributed by atoms with E-state index >= 15 is 0 Å². The highest BCUT2D eigenvalue weighted by atomic mass is 32.2. The van der Waals surface area contributed by atoms with Crippen molar-refractivity contribution in [1.82, 2.24) is 0 Å². The van der Waals surface area contributed by atoms with Crippen LogP contribution in [0.1, 0.15) is 0 Å². The maximum absolute atomic E-state index is 12.3. The SMILES string of the molecule is O=C(CSCC(=O)Nc1ccccc1-c1ccccc1)Nc1ccccc1. The summed E-state index contributed by atoms with van der Waals surface area (Å²) < 4.78 is 0. The largest absolute Gasteiger partial charge is 0.325 e. The fourth-order valence-electron chi connectivity index (χ4n) is 2.60. The van der Waals surface area contributed by atoms with E-state index in [0.29, 0.717) is 0 Å². The number of amides is 2. The molecular weight excluding hydrogens is 356 g/mol. The van der Waals surface area contributed by atoms with Crippen LogP contribution in [0.15, 0.2) is 84.9 Å². The van der Waals surface area contributed by atoms with E-state index in [-0.39, 0.29) is 23.3 Å². The first-order valence-corrected chi connectivity index (χ1v) is 9.75. The molecule has 0 atom stereocenters. The van der Waals surface area contributed by atoms with Crippen molar-refractivity contribution < 1.29 is 9.59 Å². The molecule has 0 aromatic heterocycles. The lowest BCUT2D eigenvalue weighted by Gasteiger charge is -2.11. The number of nitrogens with one attached hydrogen (secondary N) is 2. The van der Waals surface area contributed by atoms with Gasteiger partial charge in [-0.05, 0) is 23.8 Å². The van der Waals surface area contributed by atoms with Crippen LogP contribution >= 0.6 is 11.8 Å². The van der Waals surface area contributed by atoms with E-state index in [9.17, 15) is 9.59 Å². The van der Waals surface area contributed by atoms with Gasteiger partial charge < -0.3 is 10.6 Å². The molecule has 3 rings (SSSR count). The van der Waals surface area contributed by atoms with Gasteiger partial charge >= 0.3 is 0 Å². The molecular formula is C22H20N2O2S. The minimum atomic E-state index is -0.129. The molecule has 0 aliphatic rings. The molecule has 136 valence electrons. The molecule has 27 heavy (non-hydrogen) atoms. The van der Waals surface area contributed by atoms with Crippen molar-refractivity contribution in [3.05, 3.63) is 84.9 Å². The van der Waals surface area contributed by atoms with Crippen molar-refractivity contribution in [3.8, 4) is 11.1 Å². The number of hydrogen-bond acceptors (Lipinski definition) is 3. The molecule has 3 aromatic carbocycles. The fourth-order valence-corrected chi connectivity index (χ4v) is 3.22. The number of hydrogen-bond donors (Lipinski definition) is 2. The number of para-hydroxylation sites is 2. The van der Waals surface area contributed by atoms with Crippen molar-refractivity contribution in [3.63, 3.8) is 0 Å². The van der Waals surface area contributed by atoms with Crippen LogP contribution in [0.3, 0.4) is 0 Å².